The van der Waals surface area contributed by atoms with Gasteiger partial charge in [-0.1, -0.05) is 12.1 Å². The van der Waals surface area contributed by atoms with Crippen LogP contribution in [0.15, 0.2) is 30.5 Å². The molecule has 2 rings (SSSR count). The summed E-state index contributed by atoms with van der Waals surface area (Å²) in [5.74, 6) is 0.875. The van der Waals surface area contributed by atoms with E-state index in [-0.39, 0.29) is 0 Å². The van der Waals surface area contributed by atoms with E-state index in [1.807, 2.05) is 39.1 Å². The lowest BCUT2D eigenvalue weighted by molar-refractivity contribution is 0.876. The molecule has 0 spiro atoms. The second kappa shape index (κ2) is 5.04. The third-order valence-electron chi connectivity index (χ3n) is 2.94. The normalized spacial score (nSPS) is 10.4. The van der Waals surface area contributed by atoms with E-state index in [2.05, 4.69) is 20.9 Å². The van der Waals surface area contributed by atoms with Crippen molar-refractivity contribution in [1.82, 2.24) is 9.97 Å². The first-order valence-corrected chi connectivity index (χ1v) is 5.92. The van der Waals surface area contributed by atoms with Gasteiger partial charge in [0.25, 0.3) is 0 Å². The zero-order valence-electron chi connectivity index (χ0n) is 11.0. The quantitative estimate of drug-likeness (QED) is 0.839. The number of rotatable bonds is 3. The maximum absolute atomic E-state index is 5.77. The monoisotopic (exact) mass is 242 g/mol. The average Bonchev–Trinajstić information content (AvgIpc) is 2.32. The Bertz CT molecular complexity index is 551. The maximum atomic E-state index is 5.77. The van der Waals surface area contributed by atoms with Gasteiger partial charge in [0.05, 0.1) is 17.6 Å². The van der Waals surface area contributed by atoms with E-state index < -0.39 is 0 Å². The molecule has 4 nitrogen and oxygen atoms in total. The fourth-order valence-corrected chi connectivity index (χ4v) is 1.76. The molecule has 2 aromatic rings. The molecular weight excluding hydrogens is 224 g/mol. The van der Waals surface area contributed by atoms with Crippen molar-refractivity contribution in [2.45, 2.75) is 20.4 Å². The molecule has 0 saturated carbocycles. The van der Waals surface area contributed by atoms with Crippen LogP contribution in [0.5, 0.6) is 0 Å². The molecule has 1 aromatic carbocycles. The van der Waals surface area contributed by atoms with Crippen molar-refractivity contribution in [3.8, 4) is 0 Å². The standard InChI is InChI=1S/C14H18N4/c1-10-11(2)17-14(8-16-10)18(3)9-12-5-4-6-13(15)7-12/h4-8H,9,15H2,1-3H3. The van der Waals surface area contributed by atoms with E-state index in [0.29, 0.717) is 0 Å². The number of anilines is 2. The lowest BCUT2D eigenvalue weighted by Crippen LogP contribution is -2.18. The van der Waals surface area contributed by atoms with Crippen LogP contribution < -0.4 is 10.6 Å². The molecule has 94 valence electrons. The second-order valence-electron chi connectivity index (χ2n) is 4.50. The van der Waals surface area contributed by atoms with E-state index in [1.54, 1.807) is 6.20 Å². The van der Waals surface area contributed by atoms with Gasteiger partial charge in [-0.05, 0) is 31.5 Å². The first kappa shape index (κ1) is 12.4. The zero-order valence-corrected chi connectivity index (χ0v) is 11.0. The number of nitrogen functional groups attached to an aromatic ring is 1. The highest BCUT2D eigenvalue weighted by Gasteiger charge is 2.06. The summed E-state index contributed by atoms with van der Waals surface area (Å²) in [6.07, 6.45) is 1.80. The van der Waals surface area contributed by atoms with Crippen LogP contribution in [-0.4, -0.2) is 17.0 Å². The highest BCUT2D eigenvalue weighted by molar-refractivity contribution is 5.43. The van der Waals surface area contributed by atoms with Crippen LogP contribution in [0.4, 0.5) is 11.5 Å². The van der Waals surface area contributed by atoms with Gasteiger partial charge in [-0.3, -0.25) is 4.98 Å². The van der Waals surface area contributed by atoms with Crippen LogP contribution in [0.1, 0.15) is 17.0 Å². The number of aromatic nitrogens is 2. The molecule has 2 N–H and O–H groups in total. The smallest absolute Gasteiger partial charge is 0.147 e. The van der Waals surface area contributed by atoms with E-state index in [4.69, 9.17) is 5.73 Å². The summed E-state index contributed by atoms with van der Waals surface area (Å²) in [5.41, 5.74) is 9.65. The summed E-state index contributed by atoms with van der Waals surface area (Å²) in [6.45, 7) is 4.70. The molecule has 18 heavy (non-hydrogen) atoms. The summed E-state index contributed by atoms with van der Waals surface area (Å²) in [5, 5.41) is 0. The fraction of sp³-hybridized carbons (Fsp3) is 0.286. The third kappa shape index (κ3) is 2.77. The van der Waals surface area contributed by atoms with Crippen molar-refractivity contribution in [3.63, 3.8) is 0 Å². The number of nitrogens with zero attached hydrogens (tertiary/aromatic N) is 3. The third-order valence-corrected chi connectivity index (χ3v) is 2.94. The van der Waals surface area contributed by atoms with Crippen LogP contribution in [0, 0.1) is 13.8 Å². The van der Waals surface area contributed by atoms with Gasteiger partial charge in [-0.2, -0.15) is 0 Å². The van der Waals surface area contributed by atoms with E-state index in [9.17, 15) is 0 Å². The molecule has 0 bridgehead atoms. The van der Waals surface area contributed by atoms with E-state index >= 15 is 0 Å². The van der Waals surface area contributed by atoms with Gasteiger partial charge in [0.1, 0.15) is 5.82 Å². The minimum Gasteiger partial charge on any atom is -0.399 e. The SMILES string of the molecule is Cc1ncc(N(C)Cc2cccc(N)c2)nc1C. The van der Waals surface area contributed by atoms with Crippen LogP contribution in [-0.2, 0) is 6.54 Å². The molecule has 1 heterocycles. The molecule has 0 unspecified atom stereocenters. The maximum Gasteiger partial charge on any atom is 0.147 e. The van der Waals surface area contributed by atoms with E-state index in [1.165, 1.54) is 0 Å². The Morgan fingerprint density at radius 3 is 2.67 bits per heavy atom. The molecule has 0 amide bonds. The van der Waals surface area contributed by atoms with Gasteiger partial charge in [0.15, 0.2) is 0 Å². The fourth-order valence-electron chi connectivity index (χ4n) is 1.76. The Morgan fingerprint density at radius 2 is 2.00 bits per heavy atom. The highest BCUT2D eigenvalue weighted by Crippen LogP contribution is 2.14. The molecule has 0 saturated heterocycles. The lowest BCUT2D eigenvalue weighted by Gasteiger charge is -2.18. The molecular formula is C14H18N4. The Hall–Kier alpha value is -2.10. The van der Waals surface area contributed by atoms with Crippen LogP contribution >= 0.6 is 0 Å². The van der Waals surface area contributed by atoms with Crippen LogP contribution in [0.2, 0.25) is 0 Å². The minimum atomic E-state index is 0.766. The molecule has 0 aliphatic heterocycles. The van der Waals surface area contributed by atoms with Gasteiger partial charge in [0, 0.05) is 19.3 Å². The summed E-state index contributed by atoms with van der Waals surface area (Å²) >= 11 is 0. The van der Waals surface area contributed by atoms with Gasteiger partial charge in [-0.15, -0.1) is 0 Å². The van der Waals surface area contributed by atoms with Crippen molar-refractivity contribution in [3.05, 3.63) is 47.4 Å². The molecule has 0 fully saturated rings. The van der Waals surface area contributed by atoms with Crippen molar-refractivity contribution < 1.29 is 0 Å². The average molecular weight is 242 g/mol. The number of aryl methyl sites for hydroxylation is 2. The van der Waals surface area contributed by atoms with Crippen molar-refractivity contribution >= 4 is 11.5 Å². The lowest BCUT2D eigenvalue weighted by atomic mass is 10.2. The number of nitrogens with two attached hydrogens (primary N) is 1. The summed E-state index contributed by atoms with van der Waals surface area (Å²) in [4.78, 5) is 10.9. The first-order chi connectivity index (χ1) is 8.56. The van der Waals surface area contributed by atoms with Gasteiger partial charge in [0.2, 0.25) is 0 Å². The topological polar surface area (TPSA) is 55.0 Å². The molecule has 0 aliphatic carbocycles. The van der Waals surface area contributed by atoms with Crippen molar-refractivity contribution in [2.75, 3.05) is 17.7 Å². The van der Waals surface area contributed by atoms with Gasteiger partial charge in [-0.25, -0.2) is 4.98 Å². The summed E-state index contributed by atoms with van der Waals surface area (Å²) < 4.78 is 0. The Balaban J connectivity index is 2.16. The Labute approximate surface area is 107 Å². The predicted molar refractivity (Wildman–Crippen MR) is 74.5 cm³/mol. The zero-order chi connectivity index (χ0) is 13.1. The van der Waals surface area contributed by atoms with Crippen LogP contribution in [0.25, 0.3) is 0 Å². The molecule has 1 aromatic heterocycles. The van der Waals surface area contributed by atoms with Gasteiger partial charge < -0.3 is 10.6 Å². The molecule has 4 heteroatoms. The molecule has 0 radical (unpaired) electrons. The molecule has 0 atom stereocenters. The van der Waals surface area contributed by atoms with Crippen LogP contribution in [0.3, 0.4) is 0 Å². The number of benzene rings is 1. The molecule has 0 aliphatic rings. The first-order valence-electron chi connectivity index (χ1n) is 5.92. The highest BCUT2D eigenvalue weighted by atomic mass is 15.2. The van der Waals surface area contributed by atoms with Crippen molar-refractivity contribution in [1.29, 1.82) is 0 Å². The minimum absolute atomic E-state index is 0.766. The van der Waals surface area contributed by atoms with E-state index in [0.717, 1.165) is 35.0 Å². The Morgan fingerprint density at radius 1 is 1.22 bits per heavy atom. The predicted octanol–water partition coefficient (Wildman–Crippen LogP) is 2.31. The van der Waals surface area contributed by atoms with Gasteiger partial charge >= 0.3 is 0 Å². The largest absolute Gasteiger partial charge is 0.399 e. The van der Waals surface area contributed by atoms with Crippen molar-refractivity contribution in [2.24, 2.45) is 0 Å². The number of hydrogen-bond donors (Lipinski definition) is 1. The Kier molecular flexibility index (Phi) is 3.46. The number of hydrogen-bond acceptors (Lipinski definition) is 4. The second-order valence-corrected chi connectivity index (χ2v) is 4.50. The summed E-state index contributed by atoms with van der Waals surface area (Å²) in [7, 11) is 2.00. The summed E-state index contributed by atoms with van der Waals surface area (Å²) in [6, 6.07) is 7.89.